The van der Waals surface area contributed by atoms with E-state index in [9.17, 15) is 19.2 Å². The average Bonchev–Trinajstić information content (AvgIpc) is 4.06. The zero-order valence-corrected chi connectivity index (χ0v) is 33.3. The van der Waals surface area contributed by atoms with Gasteiger partial charge in [-0.15, -0.1) is 0 Å². The monoisotopic (exact) mass is 792 g/mol. The number of aromatic nitrogens is 8. The maximum Gasteiger partial charge on any atom is 0.407 e. The van der Waals surface area contributed by atoms with Crippen LogP contribution in [0, 0.1) is 11.8 Å². The highest BCUT2D eigenvalue weighted by Crippen LogP contribution is 2.35. The van der Waals surface area contributed by atoms with E-state index in [0.29, 0.717) is 42.1 Å². The van der Waals surface area contributed by atoms with Gasteiger partial charge in [-0.1, -0.05) is 27.7 Å². The van der Waals surface area contributed by atoms with E-state index < -0.39 is 24.3 Å². The number of H-pyrrole nitrogens is 4. The number of hydrogen-bond donors (Lipinski definition) is 6. The molecule has 2 aromatic carbocycles. The van der Waals surface area contributed by atoms with E-state index in [1.54, 1.807) is 16.0 Å². The number of methoxy groups -OCH3 is 2. The molecule has 8 rings (SSSR count). The number of rotatable bonds is 10. The largest absolute Gasteiger partial charge is 0.453 e. The molecule has 0 aliphatic carbocycles. The number of fused-ring (bicyclic) bond motifs is 3. The molecule has 4 amide bonds. The molecule has 0 spiro atoms. The number of likely N-dealkylation sites (tertiary alicyclic amines) is 2. The van der Waals surface area contributed by atoms with E-state index in [4.69, 9.17) is 24.4 Å². The third-order valence-corrected chi connectivity index (χ3v) is 11.2. The molecule has 2 fully saturated rings. The lowest BCUT2D eigenvalue weighted by atomic mass is 10.0. The number of imidazole rings is 4. The Morgan fingerprint density at radius 2 is 1.22 bits per heavy atom. The minimum Gasteiger partial charge on any atom is -0.453 e. The molecule has 6 aromatic rings. The number of amides is 4. The molecule has 2 unspecified atom stereocenters. The van der Waals surface area contributed by atoms with Crippen LogP contribution in [0.5, 0.6) is 0 Å². The zero-order chi connectivity index (χ0) is 40.8. The Kier molecular flexibility index (Phi) is 10.2. The smallest absolute Gasteiger partial charge is 0.407 e. The van der Waals surface area contributed by atoms with Gasteiger partial charge < -0.3 is 49.8 Å². The second kappa shape index (κ2) is 15.5. The number of ether oxygens (including phenoxy) is 2. The van der Waals surface area contributed by atoms with Crippen LogP contribution in [0.25, 0.3) is 56.0 Å². The Hall–Kier alpha value is -6.46. The van der Waals surface area contributed by atoms with Crippen molar-refractivity contribution in [1.82, 2.24) is 60.3 Å². The fraction of sp³-hybridized carbons (Fsp3) is 0.450. The number of nitrogens with one attached hydrogen (secondary N) is 6. The molecular weight excluding hydrogens is 745 g/mol. The predicted molar refractivity (Wildman–Crippen MR) is 214 cm³/mol. The molecule has 6 heterocycles. The molecule has 0 bridgehead atoms. The SMILES string of the molecule is COC(=O)N[C@H](C(=O)N1CCCC1c1nc2ccc(-c3nc4cc5nc(-c6cnc(C7CCCN7C(=O)[C@H](NC(=O)OC)C(C)C)[nH]6)[nH]c5cc4[nH]3)cc2[nH]1)C(C)C. The normalized spacial score (nSPS) is 18.1. The number of carbonyl (C=O) groups excluding carboxylic acids is 4. The number of nitrogens with zero attached hydrogens (tertiary/aromatic N) is 6. The van der Waals surface area contributed by atoms with Crippen molar-refractivity contribution in [2.75, 3.05) is 27.3 Å². The summed E-state index contributed by atoms with van der Waals surface area (Å²) in [4.78, 5) is 87.7. The van der Waals surface area contributed by atoms with Gasteiger partial charge in [0.05, 0.1) is 65.6 Å². The van der Waals surface area contributed by atoms with Crippen LogP contribution in [0.4, 0.5) is 9.59 Å². The van der Waals surface area contributed by atoms with Gasteiger partial charge in [-0.3, -0.25) is 9.59 Å². The number of aromatic amines is 4. The van der Waals surface area contributed by atoms with Crippen molar-refractivity contribution < 1.29 is 28.7 Å². The van der Waals surface area contributed by atoms with Crippen LogP contribution < -0.4 is 10.6 Å². The molecule has 18 heteroatoms. The summed E-state index contributed by atoms with van der Waals surface area (Å²) >= 11 is 0. The first-order valence-corrected chi connectivity index (χ1v) is 19.7. The summed E-state index contributed by atoms with van der Waals surface area (Å²) in [6, 6.07) is 7.87. The lowest BCUT2D eigenvalue weighted by molar-refractivity contribution is -0.136. The lowest BCUT2D eigenvalue weighted by Gasteiger charge is -2.29. The first-order valence-electron chi connectivity index (χ1n) is 19.7. The van der Waals surface area contributed by atoms with E-state index >= 15 is 0 Å². The molecule has 304 valence electrons. The summed E-state index contributed by atoms with van der Waals surface area (Å²) in [5.41, 5.74) is 6.26. The quantitative estimate of drug-likeness (QED) is 0.103. The van der Waals surface area contributed by atoms with E-state index in [1.165, 1.54) is 14.2 Å². The maximum absolute atomic E-state index is 13.6. The van der Waals surface area contributed by atoms with Gasteiger partial charge in [0, 0.05) is 18.7 Å². The first kappa shape index (κ1) is 38.4. The number of benzene rings is 2. The summed E-state index contributed by atoms with van der Waals surface area (Å²) in [6.45, 7) is 8.70. The van der Waals surface area contributed by atoms with Crippen LogP contribution in [-0.2, 0) is 19.1 Å². The predicted octanol–water partition coefficient (Wildman–Crippen LogP) is 5.46. The molecular formula is C40H48N12O6. The number of hydrogen-bond acceptors (Lipinski definition) is 10. The van der Waals surface area contributed by atoms with Crippen molar-refractivity contribution >= 4 is 57.1 Å². The van der Waals surface area contributed by atoms with E-state index in [1.807, 2.05) is 58.0 Å². The van der Waals surface area contributed by atoms with Crippen LogP contribution in [0.3, 0.4) is 0 Å². The fourth-order valence-corrected chi connectivity index (χ4v) is 8.13. The van der Waals surface area contributed by atoms with E-state index in [-0.39, 0.29) is 35.7 Å². The Balaban J connectivity index is 0.995. The summed E-state index contributed by atoms with van der Waals surface area (Å²) in [5, 5.41) is 5.38. The van der Waals surface area contributed by atoms with Gasteiger partial charge in [-0.05, 0) is 67.9 Å². The number of carbonyl (C=O) groups is 4. The molecule has 58 heavy (non-hydrogen) atoms. The Morgan fingerprint density at radius 1 is 0.672 bits per heavy atom. The van der Waals surface area contributed by atoms with Gasteiger partial charge in [0.2, 0.25) is 11.8 Å². The molecule has 4 atom stereocenters. The van der Waals surface area contributed by atoms with Gasteiger partial charge in [0.1, 0.15) is 35.3 Å². The van der Waals surface area contributed by atoms with Gasteiger partial charge in [-0.2, -0.15) is 0 Å². The highest BCUT2D eigenvalue weighted by atomic mass is 16.5. The highest BCUT2D eigenvalue weighted by molar-refractivity contribution is 5.94. The van der Waals surface area contributed by atoms with Crippen LogP contribution in [-0.4, -0.2) is 113 Å². The zero-order valence-electron chi connectivity index (χ0n) is 33.3. The van der Waals surface area contributed by atoms with Gasteiger partial charge in [0.15, 0.2) is 5.82 Å². The Bertz CT molecular complexity index is 2460. The summed E-state index contributed by atoms with van der Waals surface area (Å²) in [5.74, 6) is 2.06. The third-order valence-electron chi connectivity index (χ3n) is 11.2. The van der Waals surface area contributed by atoms with Gasteiger partial charge in [0.25, 0.3) is 0 Å². The minimum absolute atomic E-state index is 0.123. The van der Waals surface area contributed by atoms with Gasteiger partial charge in [-0.25, -0.2) is 29.5 Å². The second-order valence-corrected chi connectivity index (χ2v) is 15.7. The lowest BCUT2D eigenvalue weighted by Crippen LogP contribution is -2.51. The fourth-order valence-electron chi connectivity index (χ4n) is 8.13. The molecule has 4 aromatic heterocycles. The highest BCUT2D eigenvalue weighted by Gasteiger charge is 2.39. The third kappa shape index (κ3) is 7.18. The van der Waals surface area contributed by atoms with Crippen molar-refractivity contribution in [3.05, 3.63) is 48.2 Å². The van der Waals surface area contributed by atoms with Crippen LogP contribution in [0.1, 0.15) is 77.1 Å². The van der Waals surface area contributed by atoms with Crippen molar-refractivity contribution in [3.8, 4) is 22.9 Å². The molecule has 0 radical (unpaired) electrons. The Morgan fingerprint density at radius 3 is 1.81 bits per heavy atom. The molecule has 6 N–H and O–H groups in total. The molecule has 18 nitrogen and oxygen atoms in total. The second-order valence-electron chi connectivity index (χ2n) is 15.7. The van der Waals surface area contributed by atoms with Gasteiger partial charge >= 0.3 is 12.2 Å². The Labute approximate surface area is 333 Å². The van der Waals surface area contributed by atoms with Crippen LogP contribution in [0.2, 0.25) is 0 Å². The standard InChI is InChI=1S/C40H48N12O6/c1-19(2)31(49-39(55)57-5)37(53)51-13-7-9-29(51)35-41-18-28(48-35)34-45-26-16-24-25(17-27(26)46-34)44-33(43-24)21-11-12-22-23(15-21)47-36(42-22)30-10-8-14-52(30)38(54)32(20(3)4)50-40(56)58-6/h11-12,15-20,29-32H,7-10,13-14H2,1-6H3,(H,41,48)(H,42,47)(H,43,44)(H,45,46)(H,49,55)(H,50,56)/t29?,30?,31-,32+/m1/s1. The van der Waals surface area contributed by atoms with Crippen LogP contribution in [0.15, 0.2) is 36.5 Å². The number of alkyl carbamates (subject to hydrolysis) is 2. The van der Waals surface area contributed by atoms with E-state index in [0.717, 1.165) is 64.3 Å². The molecule has 2 aliphatic heterocycles. The molecule has 2 aliphatic rings. The first-order chi connectivity index (χ1) is 27.9. The summed E-state index contributed by atoms with van der Waals surface area (Å²) in [6.07, 6.45) is 3.58. The summed E-state index contributed by atoms with van der Waals surface area (Å²) in [7, 11) is 2.56. The molecule has 2 saturated heterocycles. The van der Waals surface area contributed by atoms with E-state index in [2.05, 4.69) is 35.6 Å². The van der Waals surface area contributed by atoms with Crippen molar-refractivity contribution in [2.45, 2.75) is 77.5 Å². The van der Waals surface area contributed by atoms with Crippen molar-refractivity contribution in [3.63, 3.8) is 0 Å². The molecule has 0 saturated carbocycles. The van der Waals surface area contributed by atoms with Crippen molar-refractivity contribution in [1.29, 1.82) is 0 Å². The van der Waals surface area contributed by atoms with Crippen LogP contribution >= 0.6 is 0 Å². The minimum atomic E-state index is -0.715. The topological polar surface area (TPSA) is 232 Å². The summed E-state index contributed by atoms with van der Waals surface area (Å²) < 4.78 is 9.52. The maximum atomic E-state index is 13.6. The average molecular weight is 793 g/mol. The van der Waals surface area contributed by atoms with Crippen molar-refractivity contribution in [2.24, 2.45) is 11.8 Å².